The number of aromatic nitrogens is 2. The maximum Gasteiger partial charge on any atom is 0.222 e. The summed E-state index contributed by atoms with van der Waals surface area (Å²) in [5.41, 5.74) is 13.7. The lowest BCUT2D eigenvalue weighted by molar-refractivity contribution is 0.448. The van der Waals surface area contributed by atoms with Crippen molar-refractivity contribution < 1.29 is 9.84 Å². The second-order valence-corrected chi connectivity index (χ2v) is 5.08. The van der Waals surface area contributed by atoms with Crippen LogP contribution in [0.25, 0.3) is 10.9 Å². The van der Waals surface area contributed by atoms with E-state index in [0.29, 0.717) is 28.0 Å². The quantitative estimate of drug-likeness (QED) is 0.671. The number of benzene rings is 2. The minimum absolute atomic E-state index is 0.117. The molecular formula is C16H16N4O2. The highest BCUT2D eigenvalue weighted by molar-refractivity contribution is 5.94. The number of nitrogens with two attached hydrogens (primary N) is 2. The zero-order valence-electron chi connectivity index (χ0n) is 12.3. The summed E-state index contributed by atoms with van der Waals surface area (Å²) >= 11 is 0. The molecule has 22 heavy (non-hydrogen) atoms. The zero-order valence-corrected chi connectivity index (χ0v) is 12.3. The van der Waals surface area contributed by atoms with Gasteiger partial charge >= 0.3 is 0 Å². The highest BCUT2D eigenvalue weighted by Crippen LogP contribution is 2.37. The van der Waals surface area contributed by atoms with Crippen LogP contribution in [-0.2, 0) is 0 Å². The Labute approximate surface area is 127 Å². The molecule has 0 bridgehead atoms. The topological polar surface area (TPSA) is 107 Å². The van der Waals surface area contributed by atoms with Gasteiger partial charge in [-0.3, -0.25) is 0 Å². The highest BCUT2D eigenvalue weighted by Gasteiger charge is 2.14. The van der Waals surface area contributed by atoms with Crippen LogP contribution in [0.2, 0.25) is 0 Å². The van der Waals surface area contributed by atoms with Crippen LogP contribution in [0.3, 0.4) is 0 Å². The molecule has 0 atom stereocenters. The van der Waals surface area contributed by atoms with E-state index in [2.05, 4.69) is 9.97 Å². The van der Waals surface area contributed by atoms with Gasteiger partial charge in [0.2, 0.25) is 5.95 Å². The van der Waals surface area contributed by atoms with Crippen LogP contribution in [0.5, 0.6) is 17.2 Å². The van der Waals surface area contributed by atoms with Crippen LogP contribution < -0.4 is 16.2 Å². The van der Waals surface area contributed by atoms with Crippen LogP contribution in [-0.4, -0.2) is 15.1 Å². The molecule has 0 aliphatic rings. The third-order valence-corrected chi connectivity index (χ3v) is 3.52. The van der Waals surface area contributed by atoms with Gasteiger partial charge in [-0.25, -0.2) is 4.98 Å². The number of hydrogen-bond acceptors (Lipinski definition) is 6. The fourth-order valence-corrected chi connectivity index (χ4v) is 2.37. The van der Waals surface area contributed by atoms with Crippen LogP contribution in [0.15, 0.2) is 30.3 Å². The molecule has 0 fully saturated rings. The number of fused-ring (bicyclic) bond motifs is 1. The van der Waals surface area contributed by atoms with Crippen molar-refractivity contribution in [1.82, 2.24) is 9.97 Å². The zero-order chi connectivity index (χ0) is 15.9. The predicted molar refractivity (Wildman–Crippen MR) is 86.0 cm³/mol. The number of aryl methyl sites for hydroxylation is 1. The van der Waals surface area contributed by atoms with Crippen molar-refractivity contribution in [1.29, 1.82) is 0 Å². The molecule has 0 spiro atoms. The first kappa shape index (κ1) is 13.9. The van der Waals surface area contributed by atoms with Crippen LogP contribution in [0.4, 0.5) is 11.8 Å². The molecule has 3 rings (SSSR count). The van der Waals surface area contributed by atoms with Gasteiger partial charge in [-0.05, 0) is 37.6 Å². The number of nitrogens with zero attached hydrogens (tertiary/aromatic N) is 2. The average molecular weight is 296 g/mol. The standard InChI is InChI=1S/C16H16N4O2/c1-8-6-7-11(21)9(2)14(8)22-12-5-3-4-10-13(12)15(17)20-16(18)19-10/h3-7,21H,1-2H3,(H4,17,18,19,20). The summed E-state index contributed by atoms with van der Waals surface area (Å²) in [6, 6.07) is 8.80. The van der Waals surface area contributed by atoms with Crippen molar-refractivity contribution in [3.63, 3.8) is 0 Å². The van der Waals surface area contributed by atoms with Crippen LogP contribution in [0.1, 0.15) is 11.1 Å². The van der Waals surface area contributed by atoms with Crippen molar-refractivity contribution in [2.75, 3.05) is 11.5 Å². The van der Waals surface area contributed by atoms with E-state index >= 15 is 0 Å². The molecule has 0 aliphatic carbocycles. The number of rotatable bonds is 2. The van der Waals surface area contributed by atoms with Crippen LogP contribution >= 0.6 is 0 Å². The lowest BCUT2D eigenvalue weighted by Gasteiger charge is -2.15. The molecule has 5 N–H and O–H groups in total. The molecule has 6 nitrogen and oxygen atoms in total. The van der Waals surface area contributed by atoms with E-state index in [4.69, 9.17) is 16.2 Å². The van der Waals surface area contributed by atoms with Gasteiger partial charge in [0.25, 0.3) is 0 Å². The molecule has 0 saturated carbocycles. The van der Waals surface area contributed by atoms with Gasteiger partial charge in [-0.15, -0.1) is 0 Å². The van der Waals surface area contributed by atoms with E-state index in [1.54, 1.807) is 37.3 Å². The lowest BCUT2D eigenvalue weighted by Crippen LogP contribution is -2.02. The molecular weight excluding hydrogens is 280 g/mol. The van der Waals surface area contributed by atoms with Crippen LogP contribution in [0, 0.1) is 13.8 Å². The van der Waals surface area contributed by atoms with Gasteiger partial charge in [0.1, 0.15) is 23.1 Å². The Hall–Kier alpha value is -3.02. The van der Waals surface area contributed by atoms with Crippen molar-refractivity contribution >= 4 is 22.7 Å². The summed E-state index contributed by atoms with van der Waals surface area (Å²) in [4.78, 5) is 8.14. The maximum absolute atomic E-state index is 9.86. The van der Waals surface area contributed by atoms with Gasteiger partial charge in [-0.2, -0.15) is 4.98 Å². The molecule has 0 radical (unpaired) electrons. The summed E-state index contributed by atoms with van der Waals surface area (Å²) in [5, 5.41) is 10.5. The van der Waals surface area contributed by atoms with Crippen molar-refractivity contribution in [3.8, 4) is 17.2 Å². The minimum atomic E-state index is 0.117. The first-order valence-corrected chi connectivity index (χ1v) is 6.76. The Morgan fingerprint density at radius 1 is 1.05 bits per heavy atom. The van der Waals surface area contributed by atoms with E-state index in [1.165, 1.54) is 0 Å². The predicted octanol–water partition coefficient (Wildman–Crippen LogP) is 2.91. The van der Waals surface area contributed by atoms with E-state index < -0.39 is 0 Å². The van der Waals surface area contributed by atoms with E-state index in [-0.39, 0.29) is 17.5 Å². The Balaban J connectivity index is 2.19. The fraction of sp³-hybridized carbons (Fsp3) is 0.125. The molecule has 3 aromatic rings. The Morgan fingerprint density at radius 2 is 1.82 bits per heavy atom. The molecule has 0 unspecified atom stereocenters. The molecule has 2 aromatic carbocycles. The molecule has 1 aromatic heterocycles. The summed E-state index contributed by atoms with van der Waals surface area (Å²) in [6.07, 6.45) is 0. The van der Waals surface area contributed by atoms with Crippen molar-refractivity contribution in [3.05, 3.63) is 41.5 Å². The van der Waals surface area contributed by atoms with E-state index in [0.717, 1.165) is 5.56 Å². The number of nitrogen functional groups attached to an aromatic ring is 2. The van der Waals surface area contributed by atoms with E-state index in [1.807, 2.05) is 6.92 Å². The fourth-order valence-electron chi connectivity index (χ4n) is 2.37. The normalized spacial score (nSPS) is 10.8. The third kappa shape index (κ3) is 2.24. The van der Waals surface area contributed by atoms with Gasteiger partial charge in [0, 0.05) is 5.56 Å². The number of ether oxygens (including phenoxy) is 1. The van der Waals surface area contributed by atoms with Crippen molar-refractivity contribution in [2.45, 2.75) is 13.8 Å². The smallest absolute Gasteiger partial charge is 0.222 e. The van der Waals surface area contributed by atoms with Gasteiger partial charge in [-0.1, -0.05) is 12.1 Å². The Bertz CT molecular complexity index is 878. The Kier molecular flexibility index (Phi) is 3.21. The molecule has 0 amide bonds. The number of anilines is 2. The first-order valence-electron chi connectivity index (χ1n) is 6.76. The van der Waals surface area contributed by atoms with Gasteiger partial charge in [0.15, 0.2) is 0 Å². The number of phenols is 1. The van der Waals surface area contributed by atoms with Gasteiger partial charge < -0.3 is 21.3 Å². The molecule has 1 heterocycles. The maximum atomic E-state index is 9.86. The van der Waals surface area contributed by atoms with E-state index in [9.17, 15) is 5.11 Å². The largest absolute Gasteiger partial charge is 0.508 e. The number of phenolic OH excluding ortho intramolecular Hbond substituents is 1. The number of aromatic hydroxyl groups is 1. The lowest BCUT2D eigenvalue weighted by atomic mass is 10.1. The highest BCUT2D eigenvalue weighted by atomic mass is 16.5. The Morgan fingerprint density at radius 3 is 2.59 bits per heavy atom. The molecule has 0 aliphatic heterocycles. The third-order valence-electron chi connectivity index (χ3n) is 3.52. The summed E-state index contributed by atoms with van der Waals surface area (Å²) < 4.78 is 5.99. The second kappa shape index (κ2) is 5.07. The summed E-state index contributed by atoms with van der Waals surface area (Å²) in [5.74, 6) is 1.66. The average Bonchev–Trinajstić information content (AvgIpc) is 2.47. The summed E-state index contributed by atoms with van der Waals surface area (Å²) in [6.45, 7) is 3.70. The number of hydrogen-bond donors (Lipinski definition) is 3. The monoisotopic (exact) mass is 296 g/mol. The van der Waals surface area contributed by atoms with Gasteiger partial charge in [0.05, 0.1) is 10.9 Å². The molecule has 6 heteroatoms. The molecule has 112 valence electrons. The SMILES string of the molecule is Cc1ccc(O)c(C)c1Oc1cccc2nc(N)nc(N)c12. The minimum Gasteiger partial charge on any atom is -0.508 e. The molecule has 0 saturated heterocycles. The first-order chi connectivity index (χ1) is 10.5. The summed E-state index contributed by atoms with van der Waals surface area (Å²) in [7, 11) is 0. The second-order valence-electron chi connectivity index (χ2n) is 5.08. The van der Waals surface area contributed by atoms with Crippen molar-refractivity contribution in [2.24, 2.45) is 0 Å².